The van der Waals surface area contributed by atoms with E-state index in [0.717, 1.165) is 5.56 Å². The first-order chi connectivity index (χ1) is 15.3. The summed E-state index contributed by atoms with van der Waals surface area (Å²) < 4.78 is 33.9. The van der Waals surface area contributed by atoms with Crippen LogP contribution in [-0.2, 0) is 20.6 Å². The molecule has 6 nitrogen and oxygen atoms in total. The molecule has 0 radical (unpaired) electrons. The van der Waals surface area contributed by atoms with E-state index >= 15 is 0 Å². The average Bonchev–Trinajstić information content (AvgIpc) is 2.79. The molecule has 0 saturated carbocycles. The summed E-state index contributed by atoms with van der Waals surface area (Å²) in [6.07, 6.45) is -0.976. The number of hydrogen-bond donors (Lipinski definition) is 1. The predicted molar refractivity (Wildman–Crippen MR) is 126 cm³/mol. The van der Waals surface area contributed by atoms with Crippen molar-refractivity contribution in [3.05, 3.63) is 90.0 Å². The van der Waals surface area contributed by atoms with E-state index in [-0.39, 0.29) is 24.1 Å². The molecular weight excluding hydrogens is 424 g/mol. The highest BCUT2D eigenvalue weighted by Crippen LogP contribution is 2.36. The number of ether oxygens (including phenoxy) is 1. The lowest BCUT2D eigenvalue weighted by molar-refractivity contribution is -0.122. The Balaban J connectivity index is 1.62. The fraction of sp³-hybridized carbons (Fsp3) is 0.240. The van der Waals surface area contributed by atoms with Crippen LogP contribution in [0, 0.1) is 0 Å². The van der Waals surface area contributed by atoms with Gasteiger partial charge >= 0.3 is 0 Å². The Kier molecular flexibility index (Phi) is 6.19. The van der Waals surface area contributed by atoms with Crippen molar-refractivity contribution in [2.24, 2.45) is 0 Å². The lowest BCUT2D eigenvalue weighted by Crippen LogP contribution is -2.49. The highest BCUT2D eigenvalue weighted by Gasteiger charge is 2.36. The lowest BCUT2D eigenvalue weighted by atomic mass is 10.0. The number of hydrogen-bond acceptors (Lipinski definition) is 4. The molecule has 1 unspecified atom stereocenters. The van der Waals surface area contributed by atoms with Crippen molar-refractivity contribution < 1.29 is 17.9 Å². The molecule has 1 aliphatic heterocycles. The second kappa shape index (κ2) is 9.04. The van der Waals surface area contributed by atoms with Crippen LogP contribution in [0.25, 0.3) is 0 Å². The van der Waals surface area contributed by atoms with Crippen molar-refractivity contribution in [3.8, 4) is 5.75 Å². The molecule has 7 heteroatoms. The fourth-order valence-electron chi connectivity index (χ4n) is 3.79. The van der Waals surface area contributed by atoms with Gasteiger partial charge in [0.2, 0.25) is 10.0 Å². The van der Waals surface area contributed by atoms with Gasteiger partial charge in [-0.15, -0.1) is 0 Å². The van der Waals surface area contributed by atoms with E-state index in [4.69, 9.17) is 4.74 Å². The molecule has 166 valence electrons. The summed E-state index contributed by atoms with van der Waals surface area (Å²) in [5.41, 5.74) is 2.83. The van der Waals surface area contributed by atoms with Crippen molar-refractivity contribution in [1.82, 2.24) is 0 Å². The number of fused-ring (bicyclic) bond motifs is 1. The Labute approximate surface area is 188 Å². The number of amides is 1. The topological polar surface area (TPSA) is 75.7 Å². The third-order valence-corrected chi connectivity index (χ3v) is 7.11. The van der Waals surface area contributed by atoms with E-state index in [1.807, 2.05) is 30.3 Å². The van der Waals surface area contributed by atoms with Gasteiger partial charge in [-0.3, -0.25) is 9.10 Å². The number of nitrogens with one attached hydrogen (secondary N) is 1. The zero-order valence-corrected chi connectivity index (χ0v) is 18.9. The summed E-state index contributed by atoms with van der Waals surface area (Å²) >= 11 is 0. The van der Waals surface area contributed by atoms with Crippen molar-refractivity contribution in [2.75, 3.05) is 16.2 Å². The van der Waals surface area contributed by atoms with Crippen LogP contribution < -0.4 is 14.4 Å². The Morgan fingerprint density at radius 1 is 1.00 bits per heavy atom. The van der Waals surface area contributed by atoms with Gasteiger partial charge in [0.1, 0.15) is 5.75 Å². The van der Waals surface area contributed by atoms with E-state index in [1.54, 1.807) is 48.5 Å². The van der Waals surface area contributed by atoms with Gasteiger partial charge in [-0.1, -0.05) is 74.5 Å². The molecule has 0 spiro atoms. The highest BCUT2D eigenvalue weighted by atomic mass is 32.2. The van der Waals surface area contributed by atoms with Crippen molar-refractivity contribution in [3.63, 3.8) is 0 Å². The molecule has 0 fully saturated rings. The molecule has 1 aliphatic rings. The third-order valence-electron chi connectivity index (χ3n) is 5.40. The first-order valence-corrected chi connectivity index (χ1v) is 12.2. The molecule has 0 bridgehead atoms. The number of carbonyl (C=O) groups is 1. The monoisotopic (exact) mass is 450 g/mol. The third kappa shape index (κ3) is 4.62. The number of carbonyl (C=O) groups excluding carboxylic acids is 1. The van der Waals surface area contributed by atoms with Crippen molar-refractivity contribution in [1.29, 1.82) is 0 Å². The predicted octanol–water partition coefficient (Wildman–Crippen LogP) is 4.55. The minimum Gasteiger partial charge on any atom is -0.476 e. The molecule has 3 aromatic carbocycles. The van der Waals surface area contributed by atoms with Crippen LogP contribution in [0.5, 0.6) is 5.75 Å². The molecule has 0 aromatic heterocycles. The lowest BCUT2D eigenvalue weighted by Gasteiger charge is -2.35. The number of nitrogens with zero attached hydrogens (tertiary/aromatic N) is 1. The normalized spacial score (nSPS) is 15.7. The van der Waals surface area contributed by atoms with Gasteiger partial charge in [0, 0.05) is 5.69 Å². The highest BCUT2D eigenvalue weighted by molar-refractivity contribution is 7.92. The molecular formula is C25H26N2O4S. The summed E-state index contributed by atoms with van der Waals surface area (Å²) in [5, 5.41) is 2.93. The Bertz CT molecular complexity index is 1210. The summed E-state index contributed by atoms with van der Waals surface area (Å²) in [6, 6.07) is 23.5. The van der Waals surface area contributed by atoms with Crippen molar-refractivity contribution >= 4 is 27.3 Å². The summed E-state index contributed by atoms with van der Waals surface area (Å²) in [7, 11) is -3.74. The van der Waals surface area contributed by atoms with Crippen LogP contribution in [0.15, 0.2) is 78.9 Å². The molecule has 1 amide bonds. The maximum absolute atomic E-state index is 13.3. The van der Waals surface area contributed by atoms with E-state index < -0.39 is 16.1 Å². The van der Waals surface area contributed by atoms with Gasteiger partial charge in [-0.25, -0.2) is 8.42 Å². The van der Waals surface area contributed by atoms with Gasteiger partial charge < -0.3 is 10.1 Å². The number of rotatable bonds is 6. The maximum Gasteiger partial charge on any atom is 0.267 e. The molecule has 1 N–H and O–H groups in total. The number of sulfonamides is 1. The standard InChI is InChI=1S/C25H26N2O4S/c1-18(2)20-12-6-7-13-21(20)26-25(28)24-16-27(22-14-8-9-15-23(22)31-24)32(29,30)17-19-10-4-3-5-11-19/h3-15,18,24H,16-17H2,1-2H3,(H,26,28). The first kappa shape index (κ1) is 21.9. The maximum atomic E-state index is 13.3. The van der Waals surface area contributed by atoms with Crippen LogP contribution >= 0.6 is 0 Å². The molecule has 1 atom stereocenters. The first-order valence-electron chi connectivity index (χ1n) is 10.5. The second-order valence-electron chi connectivity index (χ2n) is 8.08. The van der Waals surface area contributed by atoms with Crippen LogP contribution in [0.1, 0.15) is 30.9 Å². The van der Waals surface area contributed by atoms with Gasteiger partial charge in [-0.05, 0) is 35.2 Å². The van der Waals surface area contributed by atoms with Crippen LogP contribution in [-0.4, -0.2) is 27.0 Å². The Morgan fingerprint density at radius 2 is 1.66 bits per heavy atom. The van der Waals surface area contributed by atoms with E-state index in [1.165, 1.54) is 4.31 Å². The molecule has 1 heterocycles. The largest absolute Gasteiger partial charge is 0.476 e. The van der Waals surface area contributed by atoms with Crippen LogP contribution in [0.4, 0.5) is 11.4 Å². The number of para-hydroxylation sites is 3. The van der Waals surface area contributed by atoms with Crippen molar-refractivity contribution in [2.45, 2.75) is 31.6 Å². The molecule has 0 saturated heterocycles. The quantitative estimate of drug-likeness (QED) is 0.598. The van der Waals surface area contributed by atoms with Gasteiger partial charge in [0.25, 0.3) is 5.91 Å². The SMILES string of the molecule is CC(C)c1ccccc1NC(=O)C1CN(S(=O)(=O)Cc2ccccc2)c2ccccc2O1. The van der Waals surface area contributed by atoms with Gasteiger partial charge in [-0.2, -0.15) is 0 Å². The number of benzene rings is 3. The van der Waals surface area contributed by atoms with Gasteiger partial charge in [0.05, 0.1) is 18.0 Å². The van der Waals surface area contributed by atoms with E-state index in [9.17, 15) is 13.2 Å². The summed E-state index contributed by atoms with van der Waals surface area (Å²) in [5.74, 6) is 0.0506. The molecule has 0 aliphatic carbocycles. The molecule has 3 aromatic rings. The minimum absolute atomic E-state index is 0.0954. The van der Waals surface area contributed by atoms with E-state index in [2.05, 4.69) is 19.2 Å². The van der Waals surface area contributed by atoms with Gasteiger partial charge in [0.15, 0.2) is 6.10 Å². The average molecular weight is 451 g/mol. The van der Waals surface area contributed by atoms with E-state index in [0.29, 0.717) is 22.7 Å². The Hall–Kier alpha value is -3.32. The molecule has 4 rings (SSSR count). The number of anilines is 2. The Morgan fingerprint density at radius 3 is 2.41 bits per heavy atom. The summed E-state index contributed by atoms with van der Waals surface area (Å²) in [6.45, 7) is 4.01. The zero-order valence-electron chi connectivity index (χ0n) is 18.1. The zero-order chi connectivity index (χ0) is 22.7. The minimum atomic E-state index is -3.74. The van der Waals surface area contributed by atoms with Crippen LogP contribution in [0.2, 0.25) is 0 Å². The summed E-state index contributed by atoms with van der Waals surface area (Å²) in [4.78, 5) is 13.1. The van der Waals surface area contributed by atoms with Crippen LogP contribution in [0.3, 0.4) is 0 Å². The fourth-order valence-corrected chi connectivity index (χ4v) is 5.38. The molecule has 32 heavy (non-hydrogen) atoms. The smallest absolute Gasteiger partial charge is 0.267 e. The second-order valence-corrected chi connectivity index (χ2v) is 9.97.